The highest BCUT2D eigenvalue weighted by Crippen LogP contribution is 2.39. The maximum atomic E-state index is 6.16. The molecule has 0 radical (unpaired) electrons. The highest BCUT2D eigenvalue weighted by atomic mass is 16.5. The van der Waals surface area contributed by atoms with Crippen molar-refractivity contribution >= 4 is 5.69 Å². The van der Waals surface area contributed by atoms with E-state index in [0.717, 1.165) is 17.9 Å². The van der Waals surface area contributed by atoms with Gasteiger partial charge in [-0.25, -0.2) is 4.68 Å². The number of aromatic nitrogens is 2. The van der Waals surface area contributed by atoms with E-state index >= 15 is 0 Å². The molecule has 1 unspecified atom stereocenters. The van der Waals surface area contributed by atoms with Gasteiger partial charge in [0.2, 0.25) is 0 Å². The molecule has 5 nitrogen and oxygen atoms in total. The lowest BCUT2D eigenvalue weighted by atomic mass is 9.95. The Bertz CT molecular complexity index is 1050. The number of hydrogen-bond donors (Lipinski definition) is 1. The van der Waals surface area contributed by atoms with Crippen molar-refractivity contribution in [3.05, 3.63) is 60.4 Å². The number of benzene rings is 2. The summed E-state index contributed by atoms with van der Waals surface area (Å²) in [6.07, 6.45) is 9.88. The molecular formula is C25H28N4O. The van der Waals surface area contributed by atoms with Crippen LogP contribution in [-0.4, -0.2) is 41.6 Å². The van der Waals surface area contributed by atoms with E-state index in [1.165, 1.54) is 48.1 Å². The van der Waals surface area contributed by atoms with E-state index < -0.39 is 0 Å². The van der Waals surface area contributed by atoms with Gasteiger partial charge in [-0.3, -0.25) is 0 Å². The second kappa shape index (κ2) is 7.17. The van der Waals surface area contributed by atoms with Crippen LogP contribution in [0.15, 0.2) is 54.9 Å². The van der Waals surface area contributed by atoms with Crippen LogP contribution in [0.4, 0.5) is 5.69 Å². The van der Waals surface area contributed by atoms with Crippen molar-refractivity contribution in [3.63, 3.8) is 0 Å². The molecule has 30 heavy (non-hydrogen) atoms. The minimum Gasteiger partial charge on any atom is -0.493 e. The molecule has 3 aliphatic heterocycles. The van der Waals surface area contributed by atoms with E-state index in [4.69, 9.17) is 4.74 Å². The Morgan fingerprint density at radius 1 is 1.07 bits per heavy atom. The maximum Gasteiger partial charge on any atom is 0.129 e. The first-order valence-electron chi connectivity index (χ1n) is 11.1. The van der Waals surface area contributed by atoms with E-state index in [1.807, 2.05) is 16.9 Å². The number of piperidine rings is 1. The van der Waals surface area contributed by atoms with E-state index in [-0.39, 0.29) is 0 Å². The normalized spacial score (nSPS) is 24.5. The van der Waals surface area contributed by atoms with Crippen molar-refractivity contribution in [2.75, 3.05) is 18.6 Å². The molecule has 6 rings (SSSR count). The van der Waals surface area contributed by atoms with Crippen LogP contribution in [-0.2, 0) is 6.42 Å². The zero-order chi connectivity index (χ0) is 20.1. The van der Waals surface area contributed by atoms with Crippen molar-refractivity contribution in [2.45, 2.75) is 50.2 Å². The lowest BCUT2D eigenvalue weighted by molar-refractivity contribution is 0.326. The summed E-state index contributed by atoms with van der Waals surface area (Å²) >= 11 is 0. The van der Waals surface area contributed by atoms with Crippen LogP contribution in [0.25, 0.3) is 16.8 Å². The minimum absolute atomic E-state index is 0.632. The fraction of sp³-hybridized carbons (Fsp3) is 0.400. The van der Waals surface area contributed by atoms with Crippen molar-refractivity contribution < 1.29 is 4.74 Å². The van der Waals surface area contributed by atoms with E-state index in [1.54, 1.807) is 6.20 Å². The molecule has 0 saturated carbocycles. The summed E-state index contributed by atoms with van der Waals surface area (Å²) < 4.78 is 8.03. The second-order valence-corrected chi connectivity index (χ2v) is 8.95. The standard InChI is InChI=1S/C25H28N4O/c1-28(22-14-18-3-4-19(15-22)27-18)20-5-7-23-17(13-20)9-12-30-25-16-21(6-8-24(23)25)29-11-2-10-26-29/h2,5-8,10-11,13,16,18-19,22,27H,3-4,9,12,14-15H2,1H3/t18-,19+,22?. The van der Waals surface area contributed by atoms with Gasteiger partial charge in [-0.15, -0.1) is 0 Å². The third kappa shape index (κ3) is 3.08. The number of nitrogens with one attached hydrogen (secondary N) is 1. The highest BCUT2D eigenvalue weighted by molar-refractivity contribution is 5.77. The van der Waals surface area contributed by atoms with Gasteiger partial charge in [0.1, 0.15) is 5.75 Å². The van der Waals surface area contributed by atoms with Crippen LogP contribution in [0.2, 0.25) is 0 Å². The Morgan fingerprint density at radius 3 is 2.70 bits per heavy atom. The van der Waals surface area contributed by atoms with Crippen LogP contribution in [0.1, 0.15) is 31.2 Å². The first-order chi connectivity index (χ1) is 14.7. The molecule has 5 heteroatoms. The number of anilines is 1. The SMILES string of the molecule is CN(c1ccc2c(c1)CCOc1cc(-n3cccn3)ccc1-2)C1C[C@H]2CC[C@@H](C1)N2. The van der Waals surface area contributed by atoms with Crippen LogP contribution < -0.4 is 15.0 Å². The molecule has 3 aliphatic rings. The smallest absolute Gasteiger partial charge is 0.129 e. The fourth-order valence-corrected chi connectivity index (χ4v) is 5.51. The molecule has 4 heterocycles. The molecule has 0 amide bonds. The van der Waals surface area contributed by atoms with E-state index in [0.29, 0.717) is 24.7 Å². The van der Waals surface area contributed by atoms with Gasteiger partial charge in [0, 0.05) is 61.3 Å². The topological polar surface area (TPSA) is 42.3 Å². The van der Waals surface area contributed by atoms with Crippen molar-refractivity contribution in [2.24, 2.45) is 0 Å². The first-order valence-corrected chi connectivity index (χ1v) is 11.1. The minimum atomic E-state index is 0.632. The van der Waals surface area contributed by atoms with Gasteiger partial charge in [0.25, 0.3) is 0 Å². The number of rotatable bonds is 3. The Balaban J connectivity index is 1.31. The molecule has 2 bridgehead atoms. The molecule has 154 valence electrons. The largest absolute Gasteiger partial charge is 0.493 e. The maximum absolute atomic E-state index is 6.16. The molecule has 2 saturated heterocycles. The van der Waals surface area contributed by atoms with Crippen molar-refractivity contribution in [3.8, 4) is 22.6 Å². The molecule has 1 N–H and O–H groups in total. The highest BCUT2D eigenvalue weighted by Gasteiger charge is 2.35. The van der Waals surface area contributed by atoms with Crippen LogP contribution in [0, 0.1) is 0 Å². The zero-order valence-electron chi connectivity index (χ0n) is 17.4. The molecule has 2 fully saturated rings. The quantitative estimate of drug-likeness (QED) is 0.716. The molecule has 2 aromatic carbocycles. The van der Waals surface area contributed by atoms with Gasteiger partial charge in [-0.1, -0.05) is 6.07 Å². The average Bonchev–Trinajstić information content (AvgIpc) is 3.38. The summed E-state index contributed by atoms with van der Waals surface area (Å²) in [6, 6.07) is 17.3. The lowest BCUT2D eigenvalue weighted by Gasteiger charge is -2.37. The number of hydrogen-bond acceptors (Lipinski definition) is 4. The molecule has 0 spiro atoms. The Labute approximate surface area is 177 Å². The van der Waals surface area contributed by atoms with E-state index in [9.17, 15) is 0 Å². The van der Waals surface area contributed by atoms with E-state index in [2.05, 4.69) is 58.8 Å². The average molecular weight is 401 g/mol. The van der Waals surface area contributed by atoms with Gasteiger partial charge in [0.15, 0.2) is 0 Å². The summed E-state index contributed by atoms with van der Waals surface area (Å²) in [5.74, 6) is 0.942. The summed E-state index contributed by atoms with van der Waals surface area (Å²) in [7, 11) is 2.27. The fourth-order valence-electron chi connectivity index (χ4n) is 5.51. The second-order valence-electron chi connectivity index (χ2n) is 8.95. The summed E-state index contributed by atoms with van der Waals surface area (Å²) in [6.45, 7) is 0.702. The van der Waals surface area contributed by atoms with Gasteiger partial charge in [-0.05, 0) is 67.1 Å². The monoisotopic (exact) mass is 400 g/mol. The molecule has 0 aliphatic carbocycles. The third-order valence-corrected chi connectivity index (χ3v) is 7.15. The number of fused-ring (bicyclic) bond motifs is 5. The molecule has 1 aromatic heterocycles. The predicted octanol–water partition coefficient (Wildman–Crippen LogP) is 4.19. The van der Waals surface area contributed by atoms with Crippen LogP contribution >= 0.6 is 0 Å². The van der Waals surface area contributed by atoms with Gasteiger partial charge in [-0.2, -0.15) is 5.10 Å². The summed E-state index contributed by atoms with van der Waals surface area (Å²) in [5, 5.41) is 8.11. The molecule has 3 aromatic rings. The number of nitrogens with zero attached hydrogens (tertiary/aromatic N) is 3. The lowest BCUT2D eigenvalue weighted by Crippen LogP contribution is -2.47. The predicted molar refractivity (Wildman–Crippen MR) is 120 cm³/mol. The van der Waals surface area contributed by atoms with Crippen LogP contribution in [0.5, 0.6) is 5.75 Å². The van der Waals surface area contributed by atoms with Gasteiger partial charge < -0.3 is 15.0 Å². The third-order valence-electron chi connectivity index (χ3n) is 7.15. The first kappa shape index (κ1) is 18.0. The zero-order valence-corrected chi connectivity index (χ0v) is 17.4. The number of ether oxygens (including phenoxy) is 1. The van der Waals surface area contributed by atoms with Crippen LogP contribution in [0.3, 0.4) is 0 Å². The Morgan fingerprint density at radius 2 is 1.90 bits per heavy atom. The van der Waals surface area contributed by atoms with Crippen molar-refractivity contribution in [1.82, 2.24) is 15.1 Å². The summed E-state index contributed by atoms with van der Waals surface area (Å²) in [4.78, 5) is 2.51. The van der Waals surface area contributed by atoms with Gasteiger partial charge in [0.05, 0.1) is 12.3 Å². The Hall–Kier alpha value is -2.79. The van der Waals surface area contributed by atoms with Crippen molar-refractivity contribution in [1.29, 1.82) is 0 Å². The summed E-state index contributed by atoms with van der Waals surface area (Å²) in [5.41, 5.74) is 6.20. The van der Waals surface area contributed by atoms with Gasteiger partial charge >= 0.3 is 0 Å². The Kier molecular flexibility index (Phi) is 4.30. The molecule has 3 atom stereocenters. The molecular weight excluding hydrogens is 372 g/mol.